The summed E-state index contributed by atoms with van der Waals surface area (Å²) in [6.45, 7) is 6.50. The second-order valence-corrected chi connectivity index (χ2v) is 7.29. The second kappa shape index (κ2) is 6.88. The van der Waals surface area contributed by atoms with E-state index in [-0.39, 0.29) is 0 Å². The molecular weight excluding hydrogens is 276 g/mol. The maximum absolute atomic E-state index is 11.2. The van der Waals surface area contributed by atoms with Crippen molar-refractivity contribution >= 4 is 0 Å². The quantitative estimate of drug-likeness (QED) is 0.742. The normalized spacial score (nSPS) is 40.6. The fourth-order valence-electron chi connectivity index (χ4n) is 4.44. The highest BCUT2D eigenvalue weighted by Crippen LogP contribution is 2.42. The van der Waals surface area contributed by atoms with Crippen LogP contribution in [-0.2, 0) is 4.74 Å². The van der Waals surface area contributed by atoms with Crippen LogP contribution in [0.2, 0.25) is 0 Å². The molecule has 0 aromatic rings. The van der Waals surface area contributed by atoms with Gasteiger partial charge in [0.2, 0.25) is 0 Å². The Balaban J connectivity index is 1.69. The van der Waals surface area contributed by atoms with Crippen LogP contribution in [0.5, 0.6) is 0 Å². The average Bonchev–Trinajstić information content (AvgIpc) is 2.54. The maximum atomic E-state index is 11.2. The molecule has 0 radical (unpaired) electrons. The van der Waals surface area contributed by atoms with Gasteiger partial charge in [0.05, 0.1) is 19.8 Å². The van der Waals surface area contributed by atoms with E-state index in [1.165, 1.54) is 19.3 Å². The van der Waals surface area contributed by atoms with Crippen LogP contribution in [0.3, 0.4) is 0 Å². The predicted molar refractivity (Wildman–Crippen MR) is 87.6 cm³/mol. The Morgan fingerprint density at radius 1 is 1.23 bits per heavy atom. The molecule has 3 aliphatic rings. The minimum Gasteiger partial charge on any atom is -0.379 e. The molecule has 4 nitrogen and oxygen atoms in total. The molecule has 0 aromatic heterocycles. The molecule has 0 spiro atoms. The molecule has 1 aliphatic carbocycles. The van der Waals surface area contributed by atoms with Gasteiger partial charge in [0.15, 0.2) is 0 Å². The molecule has 1 N–H and O–H groups in total. The average molecular weight is 306 g/mol. The number of aliphatic hydroxyl groups is 1. The van der Waals surface area contributed by atoms with Gasteiger partial charge in [0.25, 0.3) is 0 Å². The topological polar surface area (TPSA) is 35.9 Å². The minimum atomic E-state index is -0.788. The smallest absolute Gasteiger partial charge is 0.131 e. The number of fused-ring (bicyclic) bond motifs is 1. The Morgan fingerprint density at radius 3 is 2.73 bits per heavy atom. The van der Waals surface area contributed by atoms with E-state index in [1.54, 1.807) is 0 Å². The number of morpholine rings is 1. The van der Waals surface area contributed by atoms with Gasteiger partial charge in [-0.2, -0.15) is 0 Å². The van der Waals surface area contributed by atoms with Crippen molar-refractivity contribution in [2.24, 2.45) is 5.92 Å². The van der Waals surface area contributed by atoms with E-state index in [0.717, 1.165) is 45.7 Å². The lowest BCUT2D eigenvalue weighted by Gasteiger charge is -2.52. The summed E-state index contributed by atoms with van der Waals surface area (Å²) in [7, 11) is 2.22. The summed E-state index contributed by atoms with van der Waals surface area (Å²) in [5.74, 6) is 6.90. The number of hydrogen-bond acceptors (Lipinski definition) is 4. The number of hydrogen-bond donors (Lipinski definition) is 1. The molecule has 2 heterocycles. The summed E-state index contributed by atoms with van der Waals surface area (Å²) in [6, 6.07) is 0.905. The fourth-order valence-corrected chi connectivity index (χ4v) is 4.44. The minimum absolute atomic E-state index is 0.319. The first-order valence-corrected chi connectivity index (χ1v) is 8.84. The fraction of sp³-hybridized carbons (Fsp3) is 0.889. The summed E-state index contributed by atoms with van der Waals surface area (Å²) < 4.78 is 5.37. The molecule has 4 heteroatoms. The Kier molecular flexibility index (Phi) is 5.09. The highest BCUT2D eigenvalue weighted by Gasteiger charge is 2.48. The van der Waals surface area contributed by atoms with Crippen molar-refractivity contribution in [2.45, 2.75) is 56.7 Å². The zero-order chi connectivity index (χ0) is 15.6. The first-order valence-electron chi connectivity index (χ1n) is 8.84. The molecule has 0 amide bonds. The molecule has 0 aromatic carbocycles. The highest BCUT2D eigenvalue weighted by molar-refractivity contribution is 5.21. The summed E-state index contributed by atoms with van der Waals surface area (Å²) >= 11 is 0. The molecule has 3 fully saturated rings. The monoisotopic (exact) mass is 306 g/mol. The van der Waals surface area contributed by atoms with Crippen molar-refractivity contribution in [1.29, 1.82) is 0 Å². The van der Waals surface area contributed by atoms with Crippen LogP contribution < -0.4 is 0 Å². The van der Waals surface area contributed by atoms with Gasteiger partial charge in [-0.15, -0.1) is 0 Å². The van der Waals surface area contributed by atoms with Crippen molar-refractivity contribution in [3.63, 3.8) is 0 Å². The lowest BCUT2D eigenvalue weighted by molar-refractivity contribution is -0.0914. The van der Waals surface area contributed by atoms with Gasteiger partial charge < -0.3 is 14.7 Å². The third kappa shape index (κ3) is 3.33. The molecule has 2 saturated heterocycles. The van der Waals surface area contributed by atoms with Crippen molar-refractivity contribution < 1.29 is 9.84 Å². The molecule has 2 aliphatic heterocycles. The van der Waals surface area contributed by atoms with E-state index in [2.05, 4.69) is 35.6 Å². The SMILES string of the molecule is C[C@H]1C[C@](O)(C#CCN2CCOCC2)[C@H]2CCCC[C@@H]2N1C. The molecule has 0 bridgehead atoms. The Morgan fingerprint density at radius 2 is 1.95 bits per heavy atom. The Hall–Kier alpha value is -0.600. The van der Waals surface area contributed by atoms with Crippen molar-refractivity contribution in [1.82, 2.24) is 9.80 Å². The van der Waals surface area contributed by atoms with E-state index in [0.29, 0.717) is 18.0 Å². The largest absolute Gasteiger partial charge is 0.379 e. The zero-order valence-corrected chi connectivity index (χ0v) is 14.1. The first kappa shape index (κ1) is 16.3. The van der Waals surface area contributed by atoms with Crippen molar-refractivity contribution in [3.8, 4) is 11.8 Å². The number of likely N-dealkylation sites (tertiary alicyclic amines) is 1. The standard InChI is InChI=1S/C18H30N2O2/c1-15-14-18(21,8-5-9-20-10-12-22-13-11-20)16-6-3-4-7-17(16)19(15)2/h15-17,21H,3-4,6-7,9-14H2,1-2H3/t15-,16-,17-,18+/m0/s1. The van der Waals surface area contributed by atoms with Gasteiger partial charge in [-0.25, -0.2) is 0 Å². The molecule has 124 valence electrons. The van der Waals surface area contributed by atoms with Crippen molar-refractivity contribution in [3.05, 3.63) is 0 Å². The summed E-state index contributed by atoms with van der Waals surface area (Å²) in [5, 5.41) is 11.2. The Bertz CT molecular complexity index is 438. The van der Waals surface area contributed by atoms with E-state index < -0.39 is 5.60 Å². The van der Waals surface area contributed by atoms with Crippen LogP contribution in [0.25, 0.3) is 0 Å². The van der Waals surface area contributed by atoms with Crippen LogP contribution in [0, 0.1) is 17.8 Å². The van der Waals surface area contributed by atoms with Crippen LogP contribution in [0.4, 0.5) is 0 Å². The summed E-state index contributed by atoms with van der Waals surface area (Å²) in [6.07, 6.45) is 5.62. The van der Waals surface area contributed by atoms with E-state index in [1.807, 2.05) is 0 Å². The molecule has 1 saturated carbocycles. The lowest BCUT2D eigenvalue weighted by atomic mass is 9.67. The van der Waals surface area contributed by atoms with Crippen LogP contribution in [0.15, 0.2) is 0 Å². The van der Waals surface area contributed by atoms with Crippen LogP contribution in [0.1, 0.15) is 39.0 Å². The van der Waals surface area contributed by atoms with Gasteiger partial charge in [-0.3, -0.25) is 4.90 Å². The van der Waals surface area contributed by atoms with E-state index in [9.17, 15) is 5.11 Å². The number of rotatable bonds is 1. The van der Waals surface area contributed by atoms with E-state index >= 15 is 0 Å². The van der Waals surface area contributed by atoms with Gasteiger partial charge in [-0.05, 0) is 26.8 Å². The molecule has 0 unspecified atom stereocenters. The maximum Gasteiger partial charge on any atom is 0.131 e. The van der Waals surface area contributed by atoms with Gasteiger partial charge in [0.1, 0.15) is 5.60 Å². The van der Waals surface area contributed by atoms with Crippen molar-refractivity contribution in [2.75, 3.05) is 39.9 Å². The molecule has 22 heavy (non-hydrogen) atoms. The van der Waals surface area contributed by atoms with Gasteiger partial charge >= 0.3 is 0 Å². The zero-order valence-electron chi connectivity index (χ0n) is 14.1. The first-order chi connectivity index (χ1) is 10.6. The summed E-state index contributed by atoms with van der Waals surface area (Å²) in [4.78, 5) is 4.79. The van der Waals surface area contributed by atoms with E-state index in [4.69, 9.17) is 4.74 Å². The van der Waals surface area contributed by atoms with Crippen LogP contribution in [-0.4, -0.2) is 72.5 Å². The van der Waals surface area contributed by atoms with Crippen LogP contribution >= 0.6 is 0 Å². The van der Waals surface area contributed by atoms with Gasteiger partial charge in [0, 0.05) is 37.5 Å². The number of nitrogens with zero attached hydrogens (tertiary/aromatic N) is 2. The Labute approximate surface area is 134 Å². The molecule has 3 rings (SSSR count). The highest BCUT2D eigenvalue weighted by atomic mass is 16.5. The lowest BCUT2D eigenvalue weighted by Crippen LogP contribution is -2.60. The third-order valence-corrected chi connectivity index (χ3v) is 5.88. The number of piperidine rings is 1. The molecule has 4 atom stereocenters. The number of ether oxygens (including phenoxy) is 1. The second-order valence-electron chi connectivity index (χ2n) is 7.29. The summed E-state index contributed by atoms with van der Waals surface area (Å²) in [5.41, 5.74) is -0.788. The predicted octanol–water partition coefficient (Wildman–Crippen LogP) is 1.34. The molecular formula is C18H30N2O2. The third-order valence-electron chi connectivity index (χ3n) is 5.88. The van der Waals surface area contributed by atoms with Gasteiger partial charge in [-0.1, -0.05) is 24.7 Å².